The van der Waals surface area contributed by atoms with E-state index in [1.807, 2.05) is 0 Å². The third-order valence-corrected chi connectivity index (χ3v) is 4.06. The standard InChI is InChI=1S/C14H19NO/c16-10-12-8-15(9-12)11-14(6-7-14)13-4-2-1-3-5-13/h1-5,12,16H,6-11H2. The molecule has 2 fully saturated rings. The lowest BCUT2D eigenvalue weighted by Crippen LogP contribution is -2.51. The molecule has 2 aliphatic rings. The van der Waals surface area contributed by atoms with Crippen molar-refractivity contribution in [3.8, 4) is 0 Å². The van der Waals surface area contributed by atoms with Crippen LogP contribution in [0, 0.1) is 5.92 Å². The van der Waals surface area contributed by atoms with Crippen molar-refractivity contribution in [2.45, 2.75) is 18.3 Å². The molecule has 2 heteroatoms. The molecule has 1 aliphatic carbocycles. The molecule has 1 aromatic rings. The fourth-order valence-electron chi connectivity index (χ4n) is 2.83. The van der Waals surface area contributed by atoms with Crippen LogP contribution in [-0.4, -0.2) is 36.2 Å². The number of hydrogen-bond donors (Lipinski definition) is 1. The summed E-state index contributed by atoms with van der Waals surface area (Å²) in [6.07, 6.45) is 2.66. The molecule has 3 rings (SSSR count). The molecule has 0 bridgehead atoms. The molecule has 16 heavy (non-hydrogen) atoms. The van der Waals surface area contributed by atoms with Crippen LogP contribution in [-0.2, 0) is 5.41 Å². The van der Waals surface area contributed by atoms with Crippen LogP contribution in [0.25, 0.3) is 0 Å². The summed E-state index contributed by atoms with van der Waals surface area (Å²) in [5.74, 6) is 0.534. The number of aliphatic hydroxyl groups excluding tert-OH is 1. The third kappa shape index (κ3) is 1.76. The summed E-state index contributed by atoms with van der Waals surface area (Å²) in [6, 6.07) is 10.9. The monoisotopic (exact) mass is 217 g/mol. The summed E-state index contributed by atoms with van der Waals surface area (Å²) in [5, 5.41) is 9.01. The molecule has 0 atom stereocenters. The van der Waals surface area contributed by atoms with Crippen LogP contribution in [0.3, 0.4) is 0 Å². The highest BCUT2D eigenvalue weighted by Gasteiger charge is 2.46. The van der Waals surface area contributed by atoms with Gasteiger partial charge in [-0.3, -0.25) is 0 Å². The van der Waals surface area contributed by atoms with Crippen molar-refractivity contribution in [3.05, 3.63) is 35.9 Å². The maximum Gasteiger partial charge on any atom is 0.0483 e. The van der Waals surface area contributed by atoms with Crippen LogP contribution in [0.2, 0.25) is 0 Å². The van der Waals surface area contributed by atoms with Gasteiger partial charge >= 0.3 is 0 Å². The van der Waals surface area contributed by atoms with Crippen molar-refractivity contribution < 1.29 is 5.11 Å². The summed E-state index contributed by atoms with van der Waals surface area (Å²) in [4.78, 5) is 2.49. The van der Waals surface area contributed by atoms with Gasteiger partial charge in [-0.2, -0.15) is 0 Å². The SMILES string of the molecule is OCC1CN(CC2(c3ccccc3)CC2)C1. The van der Waals surface area contributed by atoms with Gasteiger partial charge in [0.05, 0.1) is 0 Å². The predicted molar refractivity (Wildman–Crippen MR) is 64.4 cm³/mol. The molecular weight excluding hydrogens is 198 g/mol. The minimum absolute atomic E-state index is 0.356. The summed E-state index contributed by atoms with van der Waals surface area (Å²) in [6.45, 7) is 3.72. The molecule has 0 spiro atoms. The van der Waals surface area contributed by atoms with Gasteiger partial charge in [-0.15, -0.1) is 0 Å². The van der Waals surface area contributed by atoms with Gasteiger partial charge in [0, 0.05) is 37.6 Å². The molecule has 1 saturated carbocycles. The van der Waals surface area contributed by atoms with E-state index in [-0.39, 0.29) is 0 Å². The largest absolute Gasteiger partial charge is 0.396 e. The summed E-state index contributed by atoms with van der Waals surface area (Å²) >= 11 is 0. The van der Waals surface area contributed by atoms with E-state index >= 15 is 0 Å². The lowest BCUT2D eigenvalue weighted by molar-refractivity contribution is 0.0466. The Morgan fingerprint density at radius 2 is 1.88 bits per heavy atom. The zero-order valence-corrected chi connectivity index (χ0v) is 9.60. The molecule has 0 aromatic heterocycles. The smallest absolute Gasteiger partial charge is 0.0483 e. The van der Waals surface area contributed by atoms with E-state index in [0.29, 0.717) is 17.9 Å². The third-order valence-electron chi connectivity index (χ3n) is 4.06. The molecule has 1 heterocycles. The minimum Gasteiger partial charge on any atom is -0.396 e. The second-order valence-corrected chi connectivity index (χ2v) is 5.39. The second-order valence-electron chi connectivity index (χ2n) is 5.39. The lowest BCUT2D eigenvalue weighted by atomic mass is 9.92. The Bertz CT molecular complexity index is 352. The van der Waals surface area contributed by atoms with Crippen LogP contribution in [0.4, 0.5) is 0 Å². The summed E-state index contributed by atoms with van der Waals surface area (Å²) in [5.41, 5.74) is 1.95. The number of likely N-dealkylation sites (tertiary alicyclic amines) is 1. The highest BCUT2D eigenvalue weighted by molar-refractivity contribution is 5.31. The van der Waals surface area contributed by atoms with Crippen LogP contribution in [0.1, 0.15) is 18.4 Å². The summed E-state index contributed by atoms with van der Waals surface area (Å²) in [7, 11) is 0. The van der Waals surface area contributed by atoms with E-state index < -0.39 is 0 Å². The molecule has 2 nitrogen and oxygen atoms in total. The van der Waals surface area contributed by atoms with Crippen LogP contribution >= 0.6 is 0 Å². The van der Waals surface area contributed by atoms with E-state index in [2.05, 4.69) is 35.2 Å². The number of rotatable bonds is 4. The molecule has 0 amide bonds. The minimum atomic E-state index is 0.356. The average molecular weight is 217 g/mol. The molecule has 86 valence electrons. The van der Waals surface area contributed by atoms with E-state index in [0.717, 1.165) is 13.1 Å². The van der Waals surface area contributed by atoms with E-state index in [1.165, 1.54) is 24.9 Å². The number of hydrogen-bond acceptors (Lipinski definition) is 2. The van der Waals surface area contributed by atoms with E-state index in [4.69, 9.17) is 5.11 Å². The van der Waals surface area contributed by atoms with E-state index in [1.54, 1.807) is 0 Å². The maximum absolute atomic E-state index is 9.01. The molecule has 1 aromatic carbocycles. The van der Waals surface area contributed by atoms with E-state index in [9.17, 15) is 0 Å². The lowest BCUT2D eigenvalue weighted by Gasteiger charge is -2.40. The number of nitrogens with zero attached hydrogens (tertiary/aromatic N) is 1. The Hall–Kier alpha value is -0.860. The van der Waals surface area contributed by atoms with Gasteiger partial charge in [-0.1, -0.05) is 30.3 Å². The van der Waals surface area contributed by atoms with Crippen molar-refractivity contribution in [1.29, 1.82) is 0 Å². The van der Waals surface area contributed by atoms with Crippen LogP contribution in [0.5, 0.6) is 0 Å². The number of benzene rings is 1. The fraction of sp³-hybridized carbons (Fsp3) is 0.571. The molecule has 1 saturated heterocycles. The van der Waals surface area contributed by atoms with Crippen LogP contribution in [0.15, 0.2) is 30.3 Å². The molecule has 1 aliphatic heterocycles. The first-order valence-electron chi connectivity index (χ1n) is 6.21. The van der Waals surface area contributed by atoms with Crippen molar-refractivity contribution in [1.82, 2.24) is 4.90 Å². The number of aliphatic hydroxyl groups is 1. The first-order valence-corrected chi connectivity index (χ1v) is 6.21. The quantitative estimate of drug-likeness (QED) is 0.829. The molecular formula is C14H19NO. The zero-order valence-electron chi connectivity index (χ0n) is 9.60. The van der Waals surface area contributed by atoms with Gasteiger partial charge < -0.3 is 10.0 Å². The maximum atomic E-state index is 9.01. The topological polar surface area (TPSA) is 23.5 Å². The van der Waals surface area contributed by atoms with Gasteiger partial charge in [0.2, 0.25) is 0 Å². The Labute approximate surface area is 96.9 Å². The van der Waals surface area contributed by atoms with Gasteiger partial charge in [0.25, 0.3) is 0 Å². The predicted octanol–water partition coefficient (Wildman–Crippen LogP) is 1.64. The van der Waals surface area contributed by atoms with Crippen molar-refractivity contribution >= 4 is 0 Å². The average Bonchev–Trinajstić information content (AvgIpc) is 3.05. The normalized spacial score (nSPS) is 24.1. The van der Waals surface area contributed by atoms with Gasteiger partial charge in [-0.05, 0) is 18.4 Å². The highest BCUT2D eigenvalue weighted by atomic mass is 16.3. The second kappa shape index (κ2) is 3.86. The Morgan fingerprint density at radius 1 is 1.19 bits per heavy atom. The first kappa shape index (κ1) is 10.3. The van der Waals surface area contributed by atoms with Gasteiger partial charge in [-0.25, -0.2) is 0 Å². The molecule has 0 radical (unpaired) electrons. The van der Waals surface area contributed by atoms with Crippen molar-refractivity contribution in [3.63, 3.8) is 0 Å². The van der Waals surface area contributed by atoms with Gasteiger partial charge in [0.1, 0.15) is 0 Å². The van der Waals surface area contributed by atoms with Crippen LogP contribution < -0.4 is 0 Å². The van der Waals surface area contributed by atoms with Crippen molar-refractivity contribution in [2.24, 2.45) is 5.92 Å². The fourth-order valence-corrected chi connectivity index (χ4v) is 2.83. The zero-order chi connectivity index (χ0) is 11.0. The van der Waals surface area contributed by atoms with Gasteiger partial charge in [0.15, 0.2) is 0 Å². The highest BCUT2D eigenvalue weighted by Crippen LogP contribution is 2.49. The first-order chi connectivity index (χ1) is 7.82. The Balaban J connectivity index is 1.63. The molecule has 1 N–H and O–H groups in total. The van der Waals surface area contributed by atoms with Crippen molar-refractivity contribution in [2.75, 3.05) is 26.2 Å². The Kier molecular flexibility index (Phi) is 2.49. The Morgan fingerprint density at radius 3 is 2.44 bits per heavy atom. The molecule has 0 unspecified atom stereocenters. The summed E-state index contributed by atoms with van der Waals surface area (Å²) < 4.78 is 0.